The summed E-state index contributed by atoms with van der Waals surface area (Å²) in [7, 11) is 0. The average molecular weight is 292 g/mol. The molecule has 0 aliphatic rings. The lowest BCUT2D eigenvalue weighted by atomic mass is 9.84. The van der Waals surface area contributed by atoms with Crippen LogP contribution in [0.5, 0.6) is 0 Å². The molecule has 1 aromatic rings. The fourth-order valence-corrected chi connectivity index (χ4v) is 2.13. The number of nitrogens with one attached hydrogen (secondary N) is 1. The second-order valence-corrected chi connectivity index (χ2v) is 5.95. The molecule has 0 radical (unpaired) electrons. The van der Waals surface area contributed by atoms with Gasteiger partial charge < -0.3 is 16.2 Å². The van der Waals surface area contributed by atoms with Gasteiger partial charge in [-0.25, -0.2) is 4.79 Å². The predicted molar refractivity (Wildman–Crippen MR) is 81.6 cm³/mol. The Kier molecular flexibility index (Phi) is 6.37. The van der Waals surface area contributed by atoms with Crippen molar-refractivity contribution in [1.82, 2.24) is 5.32 Å². The molecule has 0 aliphatic heterocycles. The van der Waals surface area contributed by atoms with E-state index in [-0.39, 0.29) is 11.3 Å². The Balaban J connectivity index is 2.61. The molecule has 0 fully saturated rings. The molecule has 1 aromatic carbocycles. The highest BCUT2D eigenvalue weighted by Gasteiger charge is 2.23. The molecule has 0 unspecified atom stereocenters. The number of carboxylic acid groups (broad SMARTS) is 1. The van der Waals surface area contributed by atoms with Crippen molar-refractivity contribution in [1.29, 1.82) is 0 Å². The zero-order chi connectivity index (χ0) is 15.9. The molecule has 1 rings (SSSR count). The number of nitrogens with two attached hydrogens (primary N) is 1. The highest BCUT2D eigenvalue weighted by atomic mass is 16.4. The quantitative estimate of drug-likeness (QED) is 0.684. The maximum absolute atomic E-state index is 12.0. The summed E-state index contributed by atoms with van der Waals surface area (Å²) in [5.74, 6) is -1.31. The van der Waals surface area contributed by atoms with E-state index in [0.29, 0.717) is 24.9 Å². The summed E-state index contributed by atoms with van der Waals surface area (Å²) in [5.41, 5.74) is 6.09. The number of carbonyl (C=O) groups excluding carboxylic acids is 1. The van der Waals surface area contributed by atoms with Crippen LogP contribution < -0.4 is 11.1 Å². The van der Waals surface area contributed by atoms with E-state index in [4.69, 9.17) is 5.73 Å². The Morgan fingerprint density at radius 3 is 2.38 bits per heavy atom. The Labute approximate surface area is 125 Å². The first-order chi connectivity index (χ1) is 9.85. The van der Waals surface area contributed by atoms with Crippen LogP contribution in [0.3, 0.4) is 0 Å². The Bertz CT molecular complexity index is 472. The van der Waals surface area contributed by atoms with E-state index in [1.165, 1.54) is 0 Å². The minimum absolute atomic E-state index is 0.0163. The van der Waals surface area contributed by atoms with Crippen LogP contribution in [-0.2, 0) is 9.59 Å². The third kappa shape index (κ3) is 5.95. The number of benzene rings is 1. The first kappa shape index (κ1) is 17.2. The normalized spacial score (nSPS) is 12.7. The predicted octanol–water partition coefficient (Wildman–Crippen LogP) is 2.08. The summed E-state index contributed by atoms with van der Waals surface area (Å²) >= 11 is 0. The van der Waals surface area contributed by atoms with Gasteiger partial charge in [0.25, 0.3) is 0 Å². The first-order valence-electron chi connectivity index (χ1n) is 7.13. The Hall–Kier alpha value is -1.88. The van der Waals surface area contributed by atoms with E-state index >= 15 is 0 Å². The van der Waals surface area contributed by atoms with Crippen molar-refractivity contribution < 1.29 is 14.7 Å². The number of hydrogen-bond donors (Lipinski definition) is 3. The fraction of sp³-hybridized carbons (Fsp3) is 0.500. The molecule has 0 aliphatic carbocycles. The molecule has 0 spiro atoms. The van der Waals surface area contributed by atoms with Crippen LogP contribution in [0.4, 0.5) is 0 Å². The molecule has 1 atom stereocenters. The molecule has 0 saturated heterocycles. The summed E-state index contributed by atoms with van der Waals surface area (Å²) in [6.45, 7) is 4.69. The van der Waals surface area contributed by atoms with Crippen LogP contribution in [-0.4, -0.2) is 23.5 Å². The number of aliphatic carboxylic acids is 1. The average Bonchev–Trinajstić information content (AvgIpc) is 2.43. The molecule has 5 nitrogen and oxygen atoms in total. The molecule has 5 heteroatoms. The second kappa shape index (κ2) is 7.78. The van der Waals surface area contributed by atoms with Crippen LogP contribution in [0, 0.1) is 5.41 Å². The maximum atomic E-state index is 12.0. The van der Waals surface area contributed by atoms with Crippen molar-refractivity contribution in [2.24, 2.45) is 11.1 Å². The standard InChI is InChI=1S/C16H24N2O3/c1-16(2,10-11-17)9-8-13(19)18-14(15(20)21)12-6-4-3-5-7-12/h3-7,14H,8-11,17H2,1-2H3,(H,18,19)(H,20,21)/t14-/m0/s1. The third-order valence-corrected chi connectivity index (χ3v) is 3.54. The van der Waals surface area contributed by atoms with Crippen LogP contribution in [0.25, 0.3) is 0 Å². The van der Waals surface area contributed by atoms with Gasteiger partial charge in [-0.05, 0) is 30.4 Å². The summed E-state index contributed by atoms with van der Waals surface area (Å²) < 4.78 is 0. The molecule has 1 amide bonds. The highest BCUT2D eigenvalue weighted by Crippen LogP contribution is 2.26. The monoisotopic (exact) mass is 292 g/mol. The fourth-order valence-electron chi connectivity index (χ4n) is 2.13. The number of rotatable bonds is 8. The van der Waals surface area contributed by atoms with E-state index in [1.807, 2.05) is 0 Å². The minimum Gasteiger partial charge on any atom is -0.479 e. The summed E-state index contributed by atoms with van der Waals surface area (Å²) in [6, 6.07) is 7.69. The first-order valence-corrected chi connectivity index (χ1v) is 7.13. The van der Waals surface area contributed by atoms with Gasteiger partial charge in [0.15, 0.2) is 6.04 Å². The largest absolute Gasteiger partial charge is 0.479 e. The summed E-state index contributed by atoms with van der Waals surface area (Å²) in [6.07, 6.45) is 1.81. The molecule has 0 saturated carbocycles. The molecule has 116 valence electrons. The van der Waals surface area contributed by atoms with Gasteiger partial charge in [0, 0.05) is 6.42 Å². The van der Waals surface area contributed by atoms with Gasteiger partial charge in [-0.2, -0.15) is 0 Å². The smallest absolute Gasteiger partial charge is 0.330 e. The molecule has 0 bridgehead atoms. The third-order valence-electron chi connectivity index (χ3n) is 3.54. The van der Waals surface area contributed by atoms with E-state index < -0.39 is 12.0 Å². The Morgan fingerprint density at radius 2 is 1.86 bits per heavy atom. The summed E-state index contributed by atoms with van der Waals surface area (Å²) in [5, 5.41) is 11.8. The van der Waals surface area contributed by atoms with Gasteiger partial charge in [-0.15, -0.1) is 0 Å². The van der Waals surface area contributed by atoms with Crippen LogP contribution in [0.2, 0.25) is 0 Å². The van der Waals surface area contributed by atoms with Crippen LogP contribution in [0.1, 0.15) is 44.7 Å². The zero-order valence-corrected chi connectivity index (χ0v) is 12.6. The van der Waals surface area contributed by atoms with Crippen molar-refractivity contribution in [3.63, 3.8) is 0 Å². The molecular weight excluding hydrogens is 268 g/mol. The topological polar surface area (TPSA) is 92.4 Å². The van der Waals surface area contributed by atoms with Crippen LogP contribution in [0.15, 0.2) is 30.3 Å². The van der Waals surface area contributed by atoms with Crippen molar-refractivity contribution >= 4 is 11.9 Å². The van der Waals surface area contributed by atoms with Gasteiger partial charge in [-0.1, -0.05) is 44.2 Å². The molecular formula is C16H24N2O3. The lowest BCUT2D eigenvalue weighted by Crippen LogP contribution is -2.34. The number of hydrogen-bond acceptors (Lipinski definition) is 3. The van der Waals surface area contributed by atoms with Gasteiger partial charge in [0.05, 0.1) is 0 Å². The van der Waals surface area contributed by atoms with Gasteiger partial charge >= 0.3 is 5.97 Å². The highest BCUT2D eigenvalue weighted by molar-refractivity contribution is 5.84. The SMILES string of the molecule is CC(C)(CCN)CCC(=O)N[C@H](C(=O)O)c1ccccc1. The van der Waals surface area contributed by atoms with Crippen LogP contribution >= 0.6 is 0 Å². The maximum Gasteiger partial charge on any atom is 0.330 e. The molecule has 21 heavy (non-hydrogen) atoms. The lowest BCUT2D eigenvalue weighted by molar-refractivity contribution is -0.142. The molecule has 0 heterocycles. The molecule has 0 aromatic heterocycles. The number of carbonyl (C=O) groups is 2. The second-order valence-electron chi connectivity index (χ2n) is 5.95. The van der Waals surface area contributed by atoms with E-state index in [9.17, 15) is 14.7 Å². The lowest BCUT2D eigenvalue weighted by Gasteiger charge is -2.24. The van der Waals surface area contributed by atoms with Gasteiger partial charge in [-0.3, -0.25) is 4.79 Å². The van der Waals surface area contributed by atoms with Crippen molar-refractivity contribution in [2.75, 3.05) is 6.54 Å². The van der Waals surface area contributed by atoms with Crippen molar-refractivity contribution in [3.05, 3.63) is 35.9 Å². The number of amides is 1. The Morgan fingerprint density at radius 1 is 1.24 bits per heavy atom. The van der Waals surface area contributed by atoms with E-state index in [0.717, 1.165) is 6.42 Å². The van der Waals surface area contributed by atoms with E-state index in [1.54, 1.807) is 30.3 Å². The van der Waals surface area contributed by atoms with Crippen molar-refractivity contribution in [3.8, 4) is 0 Å². The van der Waals surface area contributed by atoms with E-state index in [2.05, 4.69) is 19.2 Å². The van der Waals surface area contributed by atoms with Gasteiger partial charge in [0.1, 0.15) is 0 Å². The number of carboxylic acids is 1. The van der Waals surface area contributed by atoms with Gasteiger partial charge in [0.2, 0.25) is 5.91 Å². The zero-order valence-electron chi connectivity index (χ0n) is 12.6. The summed E-state index contributed by atoms with van der Waals surface area (Å²) in [4.78, 5) is 23.3. The van der Waals surface area contributed by atoms with Crippen molar-refractivity contribution in [2.45, 2.75) is 39.2 Å². The molecule has 4 N–H and O–H groups in total. The minimum atomic E-state index is -1.06.